The highest BCUT2D eigenvalue weighted by Gasteiger charge is 2.30. The summed E-state index contributed by atoms with van der Waals surface area (Å²) in [6, 6.07) is 9.18. The van der Waals surface area contributed by atoms with E-state index in [1.165, 1.54) is 0 Å². The van der Waals surface area contributed by atoms with Crippen molar-refractivity contribution < 1.29 is 14.3 Å². The zero-order chi connectivity index (χ0) is 17.0. The van der Waals surface area contributed by atoms with E-state index in [0.717, 1.165) is 0 Å². The molecule has 1 aromatic heterocycles. The van der Waals surface area contributed by atoms with Crippen molar-refractivity contribution in [3.8, 4) is 6.07 Å². The van der Waals surface area contributed by atoms with Crippen LogP contribution < -0.4 is 5.32 Å². The maximum absolute atomic E-state index is 12.0. The maximum Gasteiger partial charge on any atom is 0.359 e. The zero-order valence-electron chi connectivity index (χ0n) is 13.2. The number of H-pyrrole nitrogens is 1. The Bertz CT molecular complexity index is 775. The van der Waals surface area contributed by atoms with Crippen LogP contribution in [0.1, 0.15) is 31.3 Å². The number of aromatic nitrogens is 2. The Morgan fingerprint density at radius 1 is 1.43 bits per heavy atom. The monoisotopic (exact) mass is 314 g/mol. The van der Waals surface area contributed by atoms with Gasteiger partial charge in [-0.1, -0.05) is 32.0 Å². The summed E-state index contributed by atoms with van der Waals surface area (Å²) in [5.74, 6) is -1.31. The van der Waals surface area contributed by atoms with Crippen LogP contribution in [-0.2, 0) is 9.53 Å². The average Bonchev–Trinajstić information content (AvgIpc) is 2.96. The van der Waals surface area contributed by atoms with Gasteiger partial charge in [-0.15, -0.1) is 0 Å². The predicted octanol–water partition coefficient (Wildman–Crippen LogP) is 1.77. The van der Waals surface area contributed by atoms with Crippen molar-refractivity contribution in [3.05, 3.63) is 30.0 Å². The number of para-hydroxylation sites is 1. The van der Waals surface area contributed by atoms with Crippen LogP contribution in [0.4, 0.5) is 0 Å². The lowest BCUT2D eigenvalue weighted by Gasteiger charge is -2.27. The van der Waals surface area contributed by atoms with Crippen molar-refractivity contribution in [2.45, 2.75) is 26.3 Å². The number of nitrogens with one attached hydrogen (secondary N) is 2. The summed E-state index contributed by atoms with van der Waals surface area (Å²) in [5, 5.41) is 19.0. The number of aromatic amines is 1. The molecule has 0 aliphatic rings. The predicted molar refractivity (Wildman–Crippen MR) is 83.4 cm³/mol. The van der Waals surface area contributed by atoms with Crippen molar-refractivity contribution in [2.24, 2.45) is 5.92 Å². The van der Waals surface area contributed by atoms with Crippen molar-refractivity contribution in [1.82, 2.24) is 15.5 Å². The highest BCUT2D eigenvalue weighted by Crippen LogP contribution is 2.16. The quantitative estimate of drug-likeness (QED) is 0.818. The molecule has 1 heterocycles. The van der Waals surface area contributed by atoms with E-state index in [1.54, 1.807) is 25.1 Å². The van der Waals surface area contributed by atoms with E-state index >= 15 is 0 Å². The van der Waals surface area contributed by atoms with Crippen LogP contribution in [0, 0.1) is 17.2 Å². The van der Waals surface area contributed by atoms with Gasteiger partial charge in [0.2, 0.25) is 0 Å². The maximum atomic E-state index is 12.0. The van der Waals surface area contributed by atoms with E-state index in [4.69, 9.17) is 10.00 Å². The van der Waals surface area contributed by atoms with Gasteiger partial charge in [0.05, 0.1) is 11.6 Å². The highest BCUT2D eigenvalue weighted by molar-refractivity contribution is 6.02. The van der Waals surface area contributed by atoms with Crippen LogP contribution >= 0.6 is 0 Å². The first kappa shape index (κ1) is 16.5. The number of carbonyl (C=O) groups excluding carboxylic acids is 2. The summed E-state index contributed by atoms with van der Waals surface area (Å²) in [5.41, 5.74) is -0.177. The number of nitriles is 1. The second-order valence-corrected chi connectivity index (χ2v) is 5.71. The molecule has 0 fully saturated rings. The molecule has 1 amide bonds. The summed E-state index contributed by atoms with van der Waals surface area (Å²) in [4.78, 5) is 23.9. The van der Waals surface area contributed by atoms with Crippen LogP contribution in [-0.4, -0.2) is 34.2 Å². The lowest BCUT2D eigenvalue weighted by molar-refractivity contribution is -0.125. The Morgan fingerprint density at radius 3 is 2.78 bits per heavy atom. The first-order valence-corrected chi connectivity index (χ1v) is 7.20. The molecule has 1 atom stereocenters. The first-order valence-electron chi connectivity index (χ1n) is 7.20. The third kappa shape index (κ3) is 3.48. The number of benzene rings is 1. The Hall–Kier alpha value is -2.88. The van der Waals surface area contributed by atoms with E-state index in [1.807, 2.05) is 19.9 Å². The molecule has 2 N–H and O–H groups in total. The van der Waals surface area contributed by atoms with Crippen LogP contribution in [0.15, 0.2) is 24.3 Å². The van der Waals surface area contributed by atoms with Crippen molar-refractivity contribution >= 4 is 22.8 Å². The number of nitrogens with zero attached hydrogens (tertiary/aromatic N) is 2. The van der Waals surface area contributed by atoms with Gasteiger partial charge in [-0.3, -0.25) is 9.89 Å². The van der Waals surface area contributed by atoms with Crippen molar-refractivity contribution in [2.75, 3.05) is 6.61 Å². The molecule has 0 aliphatic carbocycles. The lowest BCUT2D eigenvalue weighted by atomic mass is 9.90. The molecule has 2 rings (SSSR count). The first-order chi connectivity index (χ1) is 10.9. The summed E-state index contributed by atoms with van der Waals surface area (Å²) in [6.45, 7) is 4.80. The van der Waals surface area contributed by atoms with Crippen molar-refractivity contribution in [3.63, 3.8) is 0 Å². The fourth-order valence-corrected chi connectivity index (χ4v) is 1.95. The number of rotatable bonds is 5. The van der Waals surface area contributed by atoms with Gasteiger partial charge >= 0.3 is 5.97 Å². The molecular weight excluding hydrogens is 296 g/mol. The van der Waals surface area contributed by atoms with E-state index in [-0.39, 0.29) is 11.6 Å². The molecule has 120 valence electrons. The summed E-state index contributed by atoms with van der Waals surface area (Å²) >= 11 is 0. The Morgan fingerprint density at radius 2 is 2.13 bits per heavy atom. The fourth-order valence-electron chi connectivity index (χ4n) is 1.95. The van der Waals surface area contributed by atoms with Crippen molar-refractivity contribution in [1.29, 1.82) is 5.26 Å². The van der Waals surface area contributed by atoms with E-state index in [2.05, 4.69) is 21.6 Å². The molecule has 0 spiro atoms. The van der Waals surface area contributed by atoms with Gasteiger partial charge in [0.1, 0.15) is 5.54 Å². The number of hydrogen-bond acceptors (Lipinski definition) is 5. The molecule has 23 heavy (non-hydrogen) atoms. The third-order valence-electron chi connectivity index (χ3n) is 3.78. The summed E-state index contributed by atoms with van der Waals surface area (Å²) in [6.07, 6.45) is 0. The van der Waals surface area contributed by atoms with E-state index < -0.39 is 24.0 Å². The molecule has 0 unspecified atom stereocenters. The molecule has 0 aliphatic heterocycles. The van der Waals surface area contributed by atoms with Gasteiger partial charge in [0.25, 0.3) is 5.91 Å². The van der Waals surface area contributed by atoms with Crippen LogP contribution in [0.2, 0.25) is 0 Å². The standard InChI is InChI=1S/C16H18N4O3/c1-10(2)16(3,9-17)18-13(21)8-23-15(22)14-11-6-4-5-7-12(11)19-20-14/h4-7,10H,8H2,1-3H3,(H,18,21)(H,19,20)/t16-/m1/s1. The molecule has 7 heteroatoms. The largest absolute Gasteiger partial charge is 0.451 e. The van der Waals surface area contributed by atoms with E-state index in [0.29, 0.717) is 10.9 Å². The second kappa shape index (κ2) is 6.48. The van der Waals surface area contributed by atoms with Gasteiger partial charge in [0.15, 0.2) is 12.3 Å². The molecule has 2 aromatic rings. The minimum atomic E-state index is -1.01. The number of esters is 1. The molecule has 0 radical (unpaired) electrons. The zero-order valence-corrected chi connectivity index (χ0v) is 13.2. The molecule has 0 saturated carbocycles. The van der Waals surface area contributed by atoms with Crippen LogP contribution in [0.5, 0.6) is 0 Å². The molecule has 0 saturated heterocycles. The van der Waals surface area contributed by atoms with Gasteiger partial charge in [-0.2, -0.15) is 10.4 Å². The highest BCUT2D eigenvalue weighted by atomic mass is 16.5. The fraction of sp³-hybridized carbons (Fsp3) is 0.375. The Balaban J connectivity index is 2.00. The molecule has 7 nitrogen and oxygen atoms in total. The minimum absolute atomic E-state index is 0.0811. The van der Waals surface area contributed by atoms with Crippen LogP contribution in [0.25, 0.3) is 10.9 Å². The average molecular weight is 314 g/mol. The Labute approximate surface area is 133 Å². The minimum Gasteiger partial charge on any atom is -0.451 e. The third-order valence-corrected chi connectivity index (χ3v) is 3.78. The van der Waals surface area contributed by atoms with Gasteiger partial charge < -0.3 is 10.1 Å². The summed E-state index contributed by atoms with van der Waals surface area (Å²) < 4.78 is 4.98. The van der Waals surface area contributed by atoms with Gasteiger partial charge in [0, 0.05) is 5.39 Å². The lowest BCUT2D eigenvalue weighted by Crippen LogP contribution is -2.50. The smallest absolute Gasteiger partial charge is 0.359 e. The van der Waals surface area contributed by atoms with Gasteiger partial charge in [-0.05, 0) is 18.9 Å². The number of hydrogen-bond donors (Lipinski definition) is 2. The molecule has 0 bridgehead atoms. The van der Waals surface area contributed by atoms with Crippen LogP contribution in [0.3, 0.4) is 0 Å². The van der Waals surface area contributed by atoms with E-state index in [9.17, 15) is 9.59 Å². The Kier molecular flexibility index (Phi) is 4.65. The topological polar surface area (TPSA) is 108 Å². The molecular formula is C16H18N4O3. The molecule has 1 aromatic carbocycles. The number of fused-ring (bicyclic) bond motifs is 1. The summed E-state index contributed by atoms with van der Waals surface area (Å²) in [7, 11) is 0. The number of amides is 1. The number of carbonyl (C=O) groups is 2. The number of ether oxygens (including phenoxy) is 1. The normalized spacial score (nSPS) is 13.3. The second-order valence-electron chi connectivity index (χ2n) is 5.71. The van der Waals surface area contributed by atoms with Gasteiger partial charge in [-0.25, -0.2) is 4.79 Å². The SMILES string of the molecule is CC(C)[C@@](C)(C#N)NC(=O)COC(=O)c1n[nH]c2ccccc12.